The van der Waals surface area contributed by atoms with Crippen molar-refractivity contribution >= 4 is 29.1 Å². The van der Waals surface area contributed by atoms with Gasteiger partial charge in [0, 0.05) is 28.9 Å². The number of carbonyl (C=O) groups excluding carboxylic acids is 1. The number of halogens is 2. The van der Waals surface area contributed by atoms with E-state index in [2.05, 4.69) is 15.4 Å². The molecule has 0 unspecified atom stereocenters. The molecule has 0 radical (unpaired) electrons. The highest BCUT2D eigenvalue weighted by atomic mass is 35.5. The maximum absolute atomic E-state index is 12.0. The van der Waals surface area contributed by atoms with Gasteiger partial charge in [-0.25, -0.2) is 0 Å². The zero-order chi connectivity index (χ0) is 16.7. The van der Waals surface area contributed by atoms with Crippen LogP contribution in [-0.2, 0) is 6.54 Å². The Morgan fingerprint density at radius 1 is 1.12 bits per heavy atom. The average Bonchev–Trinajstić information content (AvgIpc) is 2.93. The predicted molar refractivity (Wildman–Crippen MR) is 93.2 cm³/mol. The smallest absolute Gasteiger partial charge is 0.271 e. The van der Waals surface area contributed by atoms with Crippen molar-refractivity contribution in [2.45, 2.75) is 6.54 Å². The molecule has 4 rings (SSSR count). The van der Waals surface area contributed by atoms with Crippen molar-refractivity contribution in [2.24, 2.45) is 0 Å². The molecule has 0 aliphatic carbocycles. The highest BCUT2D eigenvalue weighted by Crippen LogP contribution is 2.32. The molecule has 0 saturated heterocycles. The molecule has 1 aliphatic heterocycles. The Hall–Kier alpha value is -2.37. The molecule has 0 atom stereocenters. The van der Waals surface area contributed by atoms with Gasteiger partial charge >= 0.3 is 0 Å². The van der Waals surface area contributed by atoms with E-state index in [0.29, 0.717) is 34.5 Å². The number of hydrogen-bond donors (Lipinski definition) is 1. The van der Waals surface area contributed by atoms with Crippen LogP contribution in [0.4, 0.5) is 0 Å². The molecule has 1 amide bonds. The topological polar surface area (TPSA) is 59.8 Å². The number of benzene rings is 1. The zero-order valence-electron chi connectivity index (χ0n) is 12.5. The van der Waals surface area contributed by atoms with Gasteiger partial charge in [-0.15, -0.1) is 0 Å². The number of nitrogens with one attached hydrogen (secondary N) is 1. The lowest BCUT2D eigenvalue weighted by Crippen LogP contribution is -2.35. The fraction of sp³-hybridized carbons (Fsp3) is 0.118. The molecular formula is C17H12Cl2N4O. The Morgan fingerprint density at radius 2 is 2.00 bits per heavy atom. The van der Waals surface area contributed by atoms with Gasteiger partial charge < -0.3 is 5.32 Å². The molecule has 1 aliphatic rings. The van der Waals surface area contributed by atoms with Crippen LogP contribution in [0.1, 0.15) is 10.5 Å². The van der Waals surface area contributed by atoms with Crippen LogP contribution in [0.25, 0.3) is 22.5 Å². The first-order valence-electron chi connectivity index (χ1n) is 7.40. The maximum Gasteiger partial charge on any atom is 0.271 e. The average molecular weight is 359 g/mol. The molecule has 5 nitrogen and oxygen atoms in total. The minimum absolute atomic E-state index is 0.200. The van der Waals surface area contributed by atoms with Gasteiger partial charge in [-0.2, -0.15) is 5.10 Å². The minimum atomic E-state index is -0.200. The Bertz CT molecular complexity index is 952. The van der Waals surface area contributed by atoms with E-state index < -0.39 is 0 Å². The van der Waals surface area contributed by atoms with Crippen LogP contribution in [0.3, 0.4) is 0 Å². The van der Waals surface area contributed by atoms with Crippen LogP contribution in [0, 0.1) is 0 Å². The third kappa shape index (κ3) is 2.56. The summed E-state index contributed by atoms with van der Waals surface area (Å²) in [7, 11) is 0. The standard InChI is InChI=1S/C17H12Cl2N4O/c18-12-3-1-2-10(8-12)13-9-11(4-5-20-13)15-14(19)16-17(24)21-6-7-23(16)22-15/h1-5,8-9H,6-7H2,(H,21,24). The van der Waals surface area contributed by atoms with Crippen molar-refractivity contribution < 1.29 is 4.79 Å². The van der Waals surface area contributed by atoms with E-state index in [4.69, 9.17) is 23.2 Å². The van der Waals surface area contributed by atoms with Crippen LogP contribution in [0.15, 0.2) is 42.6 Å². The molecule has 7 heteroatoms. The summed E-state index contributed by atoms with van der Waals surface area (Å²) in [5, 5.41) is 8.27. The van der Waals surface area contributed by atoms with E-state index in [9.17, 15) is 4.79 Å². The largest absolute Gasteiger partial charge is 0.349 e. The number of nitrogens with zero attached hydrogens (tertiary/aromatic N) is 3. The summed E-state index contributed by atoms with van der Waals surface area (Å²) in [5.41, 5.74) is 3.46. The Balaban J connectivity index is 1.81. The third-order valence-corrected chi connectivity index (χ3v) is 4.47. The molecule has 0 saturated carbocycles. The molecule has 3 aromatic rings. The number of aromatic nitrogens is 3. The van der Waals surface area contributed by atoms with Crippen molar-refractivity contribution in [1.82, 2.24) is 20.1 Å². The summed E-state index contributed by atoms with van der Waals surface area (Å²) in [6, 6.07) is 11.2. The molecule has 0 spiro atoms. The van der Waals surface area contributed by atoms with E-state index in [1.54, 1.807) is 10.9 Å². The van der Waals surface area contributed by atoms with Gasteiger partial charge in [0.05, 0.1) is 17.3 Å². The zero-order valence-corrected chi connectivity index (χ0v) is 14.0. The summed E-state index contributed by atoms with van der Waals surface area (Å²) in [5.74, 6) is -0.200. The summed E-state index contributed by atoms with van der Waals surface area (Å²) in [4.78, 5) is 16.4. The summed E-state index contributed by atoms with van der Waals surface area (Å²) >= 11 is 12.5. The lowest BCUT2D eigenvalue weighted by molar-refractivity contribution is 0.0924. The number of pyridine rings is 1. The van der Waals surface area contributed by atoms with E-state index in [0.717, 1.165) is 16.8 Å². The van der Waals surface area contributed by atoms with Crippen molar-refractivity contribution in [3.05, 3.63) is 58.3 Å². The molecule has 1 N–H and O–H groups in total. The van der Waals surface area contributed by atoms with E-state index in [-0.39, 0.29) is 5.91 Å². The predicted octanol–water partition coefficient (Wildman–Crippen LogP) is 3.66. The van der Waals surface area contributed by atoms with Crippen molar-refractivity contribution in [2.75, 3.05) is 6.54 Å². The highest BCUT2D eigenvalue weighted by molar-refractivity contribution is 6.36. The Morgan fingerprint density at radius 3 is 2.79 bits per heavy atom. The lowest BCUT2D eigenvalue weighted by Gasteiger charge is -2.13. The second kappa shape index (κ2) is 5.92. The third-order valence-electron chi connectivity index (χ3n) is 3.87. The first kappa shape index (κ1) is 15.2. The van der Waals surface area contributed by atoms with Crippen molar-refractivity contribution in [3.63, 3.8) is 0 Å². The van der Waals surface area contributed by atoms with Gasteiger partial charge in [0.15, 0.2) is 0 Å². The lowest BCUT2D eigenvalue weighted by atomic mass is 10.1. The second-order valence-electron chi connectivity index (χ2n) is 5.43. The van der Waals surface area contributed by atoms with Gasteiger partial charge in [0.2, 0.25) is 0 Å². The number of amides is 1. The number of carbonyl (C=O) groups is 1. The van der Waals surface area contributed by atoms with Crippen molar-refractivity contribution in [1.29, 1.82) is 0 Å². The molecule has 24 heavy (non-hydrogen) atoms. The first-order chi connectivity index (χ1) is 11.6. The fourth-order valence-corrected chi connectivity index (χ4v) is 3.27. The van der Waals surface area contributed by atoms with Crippen LogP contribution in [0.2, 0.25) is 10.0 Å². The minimum Gasteiger partial charge on any atom is -0.349 e. The summed E-state index contributed by atoms with van der Waals surface area (Å²) in [6.07, 6.45) is 1.69. The van der Waals surface area contributed by atoms with Gasteiger partial charge in [-0.05, 0) is 24.3 Å². The number of fused-ring (bicyclic) bond motifs is 1. The van der Waals surface area contributed by atoms with Crippen LogP contribution in [-0.4, -0.2) is 27.2 Å². The molecule has 2 aromatic heterocycles. The summed E-state index contributed by atoms with van der Waals surface area (Å²) in [6.45, 7) is 1.15. The Kier molecular flexibility index (Phi) is 3.75. The monoisotopic (exact) mass is 358 g/mol. The molecule has 120 valence electrons. The molecule has 0 bridgehead atoms. The van der Waals surface area contributed by atoms with Crippen LogP contribution < -0.4 is 5.32 Å². The fourth-order valence-electron chi connectivity index (χ4n) is 2.75. The van der Waals surface area contributed by atoms with E-state index in [1.165, 1.54) is 0 Å². The molecule has 0 fully saturated rings. The molecule has 3 heterocycles. The van der Waals surface area contributed by atoms with Crippen molar-refractivity contribution in [3.8, 4) is 22.5 Å². The number of hydrogen-bond acceptors (Lipinski definition) is 3. The van der Waals surface area contributed by atoms with Gasteiger partial charge in [0.1, 0.15) is 11.4 Å². The van der Waals surface area contributed by atoms with Crippen LogP contribution >= 0.6 is 23.2 Å². The summed E-state index contributed by atoms with van der Waals surface area (Å²) < 4.78 is 1.65. The molecule has 1 aromatic carbocycles. The first-order valence-corrected chi connectivity index (χ1v) is 8.16. The van der Waals surface area contributed by atoms with E-state index in [1.807, 2.05) is 36.4 Å². The van der Waals surface area contributed by atoms with E-state index >= 15 is 0 Å². The normalized spacial score (nSPS) is 13.5. The molecular weight excluding hydrogens is 347 g/mol. The van der Waals surface area contributed by atoms with Gasteiger partial charge in [0.25, 0.3) is 5.91 Å². The van der Waals surface area contributed by atoms with Crippen LogP contribution in [0.5, 0.6) is 0 Å². The quantitative estimate of drug-likeness (QED) is 0.760. The maximum atomic E-state index is 12.0. The number of rotatable bonds is 2. The Labute approximate surface area is 148 Å². The van der Waals surface area contributed by atoms with Gasteiger partial charge in [-0.3, -0.25) is 14.5 Å². The van der Waals surface area contributed by atoms with Gasteiger partial charge in [-0.1, -0.05) is 35.3 Å². The SMILES string of the molecule is O=C1NCCn2nc(-c3ccnc(-c4cccc(Cl)c4)c3)c(Cl)c21. The highest BCUT2D eigenvalue weighted by Gasteiger charge is 2.26. The second-order valence-corrected chi connectivity index (χ2v) is 6.24.